The van der Waals surface area contributed by atoms with Crippen molar-refractivity contribution in [1.29, 1.82) is 0 Å². The summed E-state index contributed by atoms with van der Waals surface area (Å²) in [5, 5.41) is 22.0. The number of amides is 2. The topological polar surface area (TPSA) is 116 Å². The lowest BCUT2D eigenvalue weighted by Crippen LogP contribution is -2.41. The summed E-state index contributed by atoms with van der Waals surface area (Å²) in [6.45, 7) is 0.312. The summed E-state index contributed by atoms with van der Waals surface area (Å²) in [6, 6.07) is 15.3. The summed E-state index contributed by atoms with van der Waals surface area (Å²) >= 11 is 0. The average Bonchev–Trinajstić information content (AvgIpc) is 3.53. The number of carbonyl (C=O) groups excluding carboxylic acids is 2. The van der Waals surface area contributed by atoms with E-state index in [1.807, 2.05) is 24.3 Å². The molecule has 5 rings (SSSR count). The van der Waals surface area contributed by atoms with E-state index in [0.717, 1.165) is 24.0 Å². The van der Waals surface area contributed by atoms with Gasteiger partial charge in [-0.25, -0.2) is 9.59 Å². The maximum absolute atomic E-state index is 12.7. The van der Waals surface area contributed by atoms with Gasteiger partial charge in [0.25, 0.3) is 0 Å². The number of rotatable bonds is 6. The van der Waals surface area contributed by atoms with Crippen molar-refractivity contribution in [2.75, 3.05) is 13.2 Å². The Hall–Kier alpha value is -3.39. The minimum atomic E-state index is -1.09. The number of aliphatic carboxylic acids is 1. The summed E-state index contributed by atoms with van der Waals surface area (Å²) in [6.07, 6.45) is 1.19. The molecule has 8 heteroatoms. The summed E-state index contributed by atoms with van der Waals surface area (Å²) < 4.78 is 5.63. The Morgan fingerprint density at radius 1 is 0.971 bits per heavy atom. The van der Waals surface area contributed by atoms with Crippen molar-refractivity contribution >= 4 is 18.0 Å². The van der Waals surface area contributed by atoms with Crippen LogP contribution in [0, 0.1) is 5.92 Å². The number of fused-ring (bicyclic) bond motifs is 3. The largest absolute Gasteiger partial charge is 0.480 e. The monoisotopic (exact) mass is 478 g/mol. The average molecular weight is 479 g/mol. The zero-order valence-corrected chi connectivity index (χ0v) is 19.4. The maximum atomic E-state index is 12.7. The maximum Gasteiger partial charge on any atom is 0.407 e. The first-order valence-electron chi connectivity index (χ1n) is 12.2. The van der Waals surface area contributed by atoms with Gasteiger partial charge in [0.05, 0.1) is 6.10 Å². The lowest BCUT2D eigenvalue weighted by molar-refractivity contribution is -0.148. The van der Waals surface area contributed by atoms with E-state index in [1.165, 1.54) is 16.0 Å². The van der Waals surface area contributed by atoms with Crippen LogP contribution in [0.3, 0.4) is 0 Å². The van der Waals surface area contributed by atoms with Gasteiger partial charge < -0.3 is 25.2 Å². The second-order valence-corrected chi connectivity index (χ2v) is 9.84. The molecule has 2 amide bonds. The molecule has 0 aromatic heterocycles. The van der Waals surface area contributed by atoms with Crippen LogP contribution in [0.1, 0.15) is 49.1 Å². The van der Waals surface area contributed by atoms with Gasteiger partial charge in [-0.05, 0) is 47.4 Å². The number of carboxylic acid groups (broad SMARTS) is 1. The molecule has 2 aliphatic carbocycles. The van der Waals surface area contributed by atoms with Crippen molar-refractivity contribution < 1.29 is 29.3 Å². The number of likely N-dealkylation sites (tertiary alicyclic amines) is 1. The van der Waals surface area contributed by atoms with E-state index in [4.69, 9.17) is 4.74 Å². The fourth-order valence-electron chi connectivity index (χ4n) is 5.89. The van der Waals surface area contributed by atoms with Gasteiger partial charge in [0.15, 0.2) is 0 Å². The van der Waals surface area contributed by atoms with Crippen LogP contribution in [0.5, 0.6) is 0 Å². The zero-order chi connectivity index (χ0) is 24.5. The first-order chi connectivity index (χ1) is 16.9. The third-order valence-corrected chi connectivity index (χ3v) is 7.55. The molecule has 2 aromatic rings. The summed E-state index contributed by atoms with van der Waals surface area (Å²) in [7, 11) is 0. The molecule has 0 radical (unpaired) electrons. The van der Waals surface area contributed by atoms with Crippen LogP contribution in [-0.4, -0.2) is 64.4 Å². The summed E-state index contributed by atoms with van der Waals surface area (Å²) in [4.78, 5) is 37.9. The normalized spacial score (nSPS) is 25.2. The molecule has 2 fully saturated rings. The molecule has 35 heavy (non-hydrogen) atoms. The van der Waals surface area contributed by atoms with Crippen LogP contribution in [-0.2, 0) is 14.3 Å². The highest BCUT2D eigenvalue weighted by molar-refractivity contribution is 5.84. The first kappa shape index (κ1) is 23.4. The minimum absolute atomic E-state index is 0.0000843. The lowest BCUT2D eigenvalue weighted by atomic mass is 9.98. The number of nitrogens with one attached hydrogen (secondary N) is 1. The molecule has 3 aliphatic rings. The number of hydrogen-bond acceptors (Lipinski definition) is 5. The van der Waals surface area contributed by atoms with E-state index in [-0.39, 0.29) is 49.8 Å². The third kappa shape index (κ3) is 4.75. The Bertz CT molecular complexity index is 1090. The molecule has 1 aliphatic heterocycles. The fourth-order valence-corrected chi connectivity index (χ4v) is 5.89. The van der Waals surface area contributed by atoms with E-state index in [9.17, 15) is 24.6 Å². The van der Waals surface area contributed by atoms with Gasteiger partial charge in [-0.2, -0.15) is 0 Å². The number of alkyl carbamates (subject to hydrolysis) is 1. The number of hydrogen-bond donors (Lipinski definition) is 3. The van der Waals surface area contributed by atoms with E-state index >= 15 is 0 Å². The SMILES string of the molecule is O=C(NC1CCC(CC(=O)N2C[C@@H](O)C[C@H]2C(=O)O)C1)OCC1c2ccccc2-c2ccccc21. The van der Waals surface area contributed by atoms with Crippen LogP contribution in [0.4, 0.5) is 4.79 Å². The standard InChI is InChI=1S/C27H30N2O6/c30-18-13-24(26(32)33)29(14-18)25(31)12-16-9-10-17(11-16)28-27(34)35-15-23-21-7-3-1-5-19(21)20-6-2-4-8-22(20)23/h1-8,16-18,23-24,30H,9-15H2,(H,28,34)(H,32,33)/t16?,17?,18-,24-/m0/s1. The Balaban J connectivity index is 1.12. The van der Waals surface area contributed by atoms with E-state index in [0.29, 0.717) is 6.42 Å². The molecule has 3 N–H and O–H groups in total. The van der Waals surface area contributed by atoms with Crippen LogP contribution in [0.25, 0.3) is 11.1 Å². The van der Waals surface area contributed by atoms with Crippen molar-refractivity contribution in [3.8, 4) is 11.1 Å². The van der Waals surface area contributed by atoms with Crippen molar-refractivity contribution in [3.63, 3.8) is 0 Å². The highest BCUT2D eigenvalue weighted by atomic mass is 16.5. The predicted octanol–water partition coefficient (Wildman–Crippen LogP) is 3.13. The molecular formula is C27H30N2O6. The van der Waals surface area contributed by atoms with E-state index < -0.39 is 24.2 Å². The van der Waals surface area contributed by atoms with Crippen molar-refractivity contribution in [1.82, 2.24) is 10.2 Å². The number of β-amino-alcohol motifs (C(OH)–C–C–N with tert-alkyl or cyclic N) is 1. The van der Waals surface area contributed by atoms with Crippen molar-refractivity contribution in [3.05, 3.63) is 59.7 Å². The smallest absolute Gasteiger partial charge is 0.407 e. The Morgan fingerprint density at radius 3 is 2.29 bits per heavy atom. The second-order valence-electron chi connectivity index (χ2n) is 9.84. The Labute approximate surface area is 203 Å². The molecular weight excluding hydrogens is 448 g/mol. The van der Waals surface area contributed by atoms with Crippen molar-refractivity contribution in [2.45, 2.75) is 56.2 Å². The molecule has 4 atom stereocenters. The third-order valence-electron chi connectivity index (χ3n) is 7.55. The molecule has 2 unspecified atom stereocenters. The second kappa shape index (κ2) is 9.70. The van der Waals surface area contributed by atoms with Gasteiger partial charge >= 0.3 is 12.1 Å². The molecule has 0 spiro atoms. The number of ether oxygens (including phenoxy) is 1. The quantitative estimate of drug-likeness (QED) is 0.588. The summed E-state index contributed by atoms with van der Waals surface area (Å²) in [5.41, 5.74) is 4.67. The van der Waals surface area contributed by atoms with Gasteiger partial charge in [-0.15, -0.1) is 0 Å². The molecule has 1 saturated carbocycles. The number of aliphatic hydroxyl groups is 1. The highest BCUT2D eigenvalue weighted by Gasteiger charge is 2.40. The van der Waals surface area contributed by atoms with E-state index in [1.54, 1.807) is 0 Å². The van der Waals surface area contributed by atoms with Crippen LogP contribution >= 0.6 is 0 Å². The van der Waals surface area contributed by atoms with Crippen LogP contribution in [0.15, 0.2) is 48.5 Å². The highest BCUT2D eigenvalue weighted by Crippen LogP contribution is 2.44. The zero-order valence-electron chi connectivity index (χ0n) is 19.4. The lowest BCUT2D eigenvalue weighted by Gasteiger charge is -2.23. The van der Waals surface area contributed by atoms with Gasteiger partial charge in [0.1, 0.15) is 12.6 Å². The van der Waals surface area contributed by atoms with Gasteiger partial charge in [-0.1, -0.05) is 48.5 Å². The summed E-state index contributed by atoms with van der Waals surface area (Å²) in [5.74, 6) is -1.27. The number of benzene rings is 2. The van der Waals surface area contributed by atoms with Gasteiger partial charge in [0.2, 0.25) is 5.91 Å². The minimum Gasteiger partial charge on any atom is -0.480 e. The molecule has 184 valence electrons. The van der Waals surface area contributed by atoms with Crippen LogP contribution < -0.4 is 5.32 Å². The number of nitrogens with zero attached hydrogens (tertiary/aromatic N) is 1. The molecule has 8 nitrogen and oxygen atoms in total. The number of carbonyl (C=O) groups is 3. The fraction of sp³-hybridized carbons (Fsp3) is 0.444. The van der Waals surface area contributed by atoms with Crippen molar-refractivity contribution in [2.24, 2.45) is 5.92 Å². The van der Waals surface area contributed by atoms with E-state index in [2.05, 4.69) is 29.6 Å². The Kier molecular flexibility index (Phi) is 6.47. The first-order valence-corrected chi connectivity index (χ1v) is 12.2. The number of carboxylic acids is 1. The Morgan fingerprint density at radius 2 is 1.63 bits per heavy atom. The molecule has 2 aromatic carbocycles. The van der Waals surface area contributed by atoms with Crippen LogP contribution in [0.2, 0.25) is 0 Å². The van der Waals surface area contributed by atoms with Gasteiger partial charge in [-0.3, -0.25) is 4.79 Å². The van der Waals surface area contributed by atoms with Gasteiger partial charge in [0, 0.05) is 31.3 Å². The molecule has 1 heterocycles. The molecule has 0 bridgehead atoms. The number of aliphatic hydroxyl groups excluding tert-OH is 1. The molecule has 1 saturated heterocycles. The predicted molar refractivity (Wildman–Crippen MR) is 128 cm³/mol.